The Morgan fingerprint density at radius 2 is 2.05 bits per heavy atom. The lowest BCUT2D eigenvalue weighted by molar-refractivity contribution is 0.0304. The number of allylic oxidation sites excluding steroid dienone is 3. The minimum atomic E-state index is 0.613. The van der Waals surface area contributed by atoms with Crippen LogP contribution in [0.4, 0.5) is 0 Å². The Morgan fingerprint density at radius 3 is 2.95 bits per heavy atom. The summed E-state index contributed by atoms with van der Waals surface area (Å²) in [5.41, 5.74) is 3.02. The molecule has 2 aliphatic heterocycles. The number of ether oxygens (including phenoxy) is 1. The number of rotatable bonds is 3. The van der Waals surface area contributed by atoms with Crippen LogP contribution in [0.1, 0.15) is 12.8 Å². The van der Waals surface area contributed by atoms with E-state index >= 15 is 0 Å². The van der Waals surface area contributed by atoms with Gasteiger partial charge in [-0.25, -0.2) is 0 Å². The first-order valence-electron chi connectivity index (χ1n) is 8.27. The highest BCUT2D eigenvalue weighted by Gasteiger charge is 2.34. The van der Waals surface area contributed by atoms with Crippen molar-refractivity contribution in [2.24, 2.45) is 5.92 Å². The van der Waals surface area contributed by atoms with Gasteiger partial charge in [0, 0.05) is 43.8 Å². The molecular weight excluding hydrogens is 262 g/mol. The lowest BCUT2D eigenvalue weighted by Gasteiger charge is -2.44. The van der Waals surface area contributed by atoms with Crippen molar-refractivity contribution in [3.05, 3.63) is 35.6 Å². The van der Waals surface area contributed by atoms with Crippen molar-refractivity contribution in [3.63, 3.8) is 0 Å². The van der Waals surface area contributed by atoms with E-state index in [1.807, 2.05) is 0 Å². The summed E-state index contributed by atoms with van der Waals surface area (Å²) in [7, 11) is 0. The number of nitrogens with zero attached hydrogens (tertiary/aromatic N) is 2. The molecule has 0 saturated carbocycles. The van der Waals surface area contributed by atoms with E-state index in [1.54, 1.807) is 5.57 Å². The van der Waals surface area contributed by atoms with Gasteiger partial charge in [-0.1, -0.05) is 18.2 Å². The smallest absolute Gasteiger partial charge is 0.0683 e. The molecule has 0 aromatic carbocycles. The Labute approximate surface area is 127 Å². The van der Waals surface area contributed by atoms with Crippen LogP contribution in [0.25, 0.3) is 0 Å². The molecule has 0 spiro atoms. The first-order valence-corrected chi connectivity index (χ1v) is 8.27. The van der Waals surface area contributed by atoms with Gasteiger partial charge in [-0.15, -0.1) is 0 Å². The quantitative estimate of drug-likeness (QED) is 0.793. The predicted octanol–water partition coefficient (Wildman–Crippen LogP) is 1.34. The normalized spacial score (nSPS) is 33.0. The van der Waals surface area contributed by atoms with E-state index in [4.69, 9.17) is 4.74 Å². The summed E-state index contributed by atoms with van der Waals surface area (Å²) < 4.78 is 5.44. The molecule has 2 aliphatic carbocycles. The molecule has 4 rings (SSSR count). The van der Waals surface area contributed by atoms with Crippen molar-refractivity contribution in [2.45, 2.75) is 18.9 Å². The lowest BCUT2D eigenvalue weighted by Crippen LogP contribution is -2.52. The van der Waals surface area contributed by atoms with Crippen molar-refractivity contribution < 1.29 is 4.74 Å². The van der Waals surface area contributed by atoms with Crippen molar-refractivity contribution >= 4 is 0 Å². The van der Waals surface area contributed by atoms with Crippen LogP contribution in [0.15, 0.2) is 35.6 Å². The molecule has 2 unspecified atom stereocenters. The van der Waals surface area contributed by atoms with Crippen LogP contribution < -0.4 is 5.32 Å². The van der Waals surface area contributed by atoms with E-state index in [0.717, 1.165) is 46.1 Å². The van der Waals surface area contributed by atoms with Gasteiger partial charge in [-0.2, -0.15) is 0 Å². The zero-order chi connectivity index (χ0) is 14.1. The molecule has 0 aromatic heterocycles. The van der Waals surface area contributed by atoms with Gasteiger partial charge in [0.05, 0.1) is 19.9 Å². The Balaban J connectivity index is 1.44. The lowest BCUT2D eigenvalue weighted by atomic mass is 9.78. The second-order valence-corrected chi connectivity index (χ2v) is 6.39. The summed E-state index contributed by atoms with van der Waals surface area (Å²) in [6, 6.07) is 0.613. The molecule has 0 aromatic rings. The average molecular weight is 287 g/mol. The molecule has 1 saturated heterocycles. The zero-order valence-electron chi connectivity index (χ0n) is 12.6. The molecule has 0 radical (unpaired) electrons. The second-order valence-electron chi connectivity index (χ2n) is 6.39. The van der Waals surface area contributed by atoms with Crippen molar-refractivity contribution in [3.8, 4) is 0 Å². The van der Waals surface area contributed by atoms with Crippen LogP contribution in [0.5, 0.6) is 0 Å². The molecule has 1 N–H and O–H groups in total. The monoisotopic (exact) mass is 287 g/mol. The Kier molecular flexibility index (Phi) is 3.84. The van der Waals surface area contributed by atoms with Gasteiger partial charge >= 0.3 is 0 Å². The van der Waals surface area contributed by atoms with Gasteiger partial charge in [0.2, 0.25) is 0 Å². The number of morpholine rings is 1. The van der Waals surface area contributed by atoms with E-state index in [9.17, 15) is 0 Å². The van der Waals surface area contributed by atoms with Gasteiger partial charge in [0.1, 0.15) is 0 Å². The summed E-state index contributed by atoms with van der Waals surface area (Å²) in [6.45, 7) is 7.27. The Hall–Kier alpha value is -1.10. The van der Waals surface area contributed by atoms with Crippen LogP contribution >= 0.6 is 0 Å². The fourth-order valence-corrected chi connectivity index (χ4v) is 4.00. The van der Waals surface area contributed by atoms with E-state index in [2.05, 4.69) is 39.4 Å². The molecule has 4 nitrogen and oxygen atoms in total. The van der Waals surface area contributed by atoms with E-state index in [0.29, 0.717) is 12.0 Å². The second kappa shape index (κ2) is 5.95. The topological polar surface area (TPSA) is 27.7 Å². The highest BCUT2D eigenvalue weighted by atomic mass is 16.5. The first-order chi connectivity index (χ1) is 10.4. The molecule has 2 heterocycles. The minimum Gasteiger partial charge on any atom is -0.379 e. The van der Waals surface area contributed by atoms with Crippen LogP contribution in [-0.4, -0.2) is 61.9 Å². The number of hydrogen-bond acceptors (Lipinski definition) is 4. The molecule has 114 valence electrons. The highest BCUT2D eigenvalue weighted by Crippen LogP contribution is 2.37. The third-order valence-electron chi connectivity index (χ3n) is 5.19. The van der Waals surface area contributed by atoms with Gasteiger partial charge in [0.15, 0.2) is 0 Å². The maximum absolute atomic E-state index is 5.44. The molecule has 4 aliphatic rings. The van der Waals surface area contributed by atoms with Gasteiger partial charge in [-0.3, -0.25) is 9.80 Å². The molecule has 1 fully saturated rings. The van der Waals surface area contributed by atoms with Crippen LogP contribution in [-0.2, 0) is 4.74 Å². The Morgan fingerprint density at radius 1 is 1.14 bits per heavy atom. The summed E-state index contributed by atoms with van der Waals surface area (Å²) in [4.78, 5) is 5.16. The minimum absolute atomic E-state index is 0.613. The average Bonchev–Trinajstić information content (AvgIpc) is 2.56. The standard InChI is InChI=1S/C17H25N3O/c1-3-14-4-2-6-16-17(14)15(5-1)18-13-20(16)8-7-19-9-11-21-12-10-19/h1-2,4-5,14,16,18H,3,6-13H2. The van der Waals surface area contributed by atoms with Crippen LogP contribution in [0.3, 0.4) is 0 Å². The zero-order valence-corrected chi connectivity index (χ0v) is 12.6. The number of hydrogen-bond donors (Lipinski definition) is 1. The Bertz CT molecular complexity index is 476. The molecule has 21 heavy (non-hydrogen) atoms. The van der Waals surface area contributed by atoms with E-state index in [1.165, 1.54) is 18.5 Å². The SMILES string of the molecule is C1=CC2=C3C(C=CCC3N(CCN3CCOCC3)CN2)C1. The third-order valence-corrected chi connectivity index (χ3v) is 5.19. The van der Waals surface area contributed by atoms with Gasteiger partial charge in [-0.05, 0) is 24.5 Å². The molecule has 0 amide bonds. The maximum atomic E-state index is 5.44. The molecule has 0 bridgehead atoms. The van der Waals surface area contributed by atoms with E-state index < -0.39 is 0 Å². The molecule has 4 heteroatoms. The van der Waals surface area contributed by atoms with Crippen LogP contribution in [0.2, 0.25) is 0 Å². The van der Waals surface area contributed by atoms with Gasteiger partial charge in [0.25, 0.3) is 0 Å². The fourth-order valence-electron chi connectivity index (χ4n) is 4.00. The first kappa shape index (κ1) is 13.6. The van der Waals surface area contributed by atoms with Crippen molar-refractivity contribution in [1.29, 1.82) is 0 Å². The van der Waals surface area contributed by atoms with E-state index in [-0.39, 0.29) is 0 Å². The third kappa shape index (κ3) is 2.68. The highest BCUT2D eigenvalue weighted by molar-refractivity contribution is 5.40. The number of nitrogens with one attached hydrogen (secondary N) is 1. The molecule has 2 atom stereocenters. The van der Waals surface area contributed by atoms with Crippen molar-refractivity contribution in [2.75, 3.05) is 46.1 Å². The van der Waals surface area contributed by atoms with Crippen molar-refractivity contribution in [1.82, 2.24) is 15.1 Å². The van der Waals surface area contributed by atoms with Crippen LogP contribution in [0, 0.1) is 5.92 Å². The molecular formula is C17H25N3O. The largest absolute Gasteiger partial charge is 0.379 e. The fraction of sp³-hybridized carbons (Fsp3) is 0.647. The predicted molar refractivity (Wildman–Crippen MR) is 83.8 cm³/mol. The summed E-state index contributed by atoms with van der Waals surface area (Å²) in [5, 5.41) is 3.63. The maximum Gasteiger partial charge on any atom is 0.0683 e. The summed E-state index contributed by atoms with van der Waals surface area (Å²) in [6.07, 6.45) is 11.7. The summed E-state index contributed by atoms with van der Waals surface area (Å²) >= 11 is 0. The summed E-state index contributed by atoms with van der Waals surface area (Å²) in [5.74, 6) is 0.627. The van der Waals surface area contributed by atoms with Gasteiger partial charge < -0.3 is 10.1 Å².